The highest BCUT2D eigenvalue weighted by Gasteiger charge is 2.26. The van der Waals surface area contributed by atoms with Crippen molar-refractivity contribution < 1.29 is 19.1 Å². The van der Waals surface area contributed by atoms with Crippen LogP contribution in [0.25, 0.3) is 0 Å². The van der Waals surface area contributed by atoms with Crippen molar-refractivity contribution in [3.8, 4) is 0 Å². The normalized spacial score (nSPS) is 15.7. The minimum absolute atomic E-state index is 0.280. The standard InChI is InChI=1S/C16H22O4/c1-19-15(17)14(16(18)20-2)12-8-4-7-11-13-9-5-3-6-10-13/h4,7-9,11,14H,3,5-6,10,12H2,1-2H3/b8-4+,11-7+. The number of ether oxygens (including phenoxy) is 2. The molecule has 0 radical (unpaired) electrons. The van der Waals surface area contributed by atoms with Gasteiger partial charge in [-0.25, -0.2) is 0 Å². The summed E-state index contributed by atoms with van der Waals surface area (Å²) in [7, 11) is 2.52. The van der Waals surface area contributed by atoms with Crippen LogP contribution in [0.1, 0.15) is 32.1 Å². The van der Waals surface area contributed by atoms with Crippen LogP contribution in [0.15, 0.2) is 36.0 Å². The molecule has 1 aliphatic carbocycles. The van der Waals surface area contributed by atoms with Crippen LogP contribution in [0, 0.1) is 5.92 Å². The summed E-state index contributed by atoms with van der Waals surface area (Å²) in [4.78, 5) is 22.9. The summed E-state index contributed by atoms with van der Waals surface area (Å²) in [6, 6.07) is 0. The maximum atomic E-state index is 11.4. The van der Waals surface area contributed by atoms with Crippen LogP contribution in [0.2, 0.25) is 0 Å². The summed E-state index contributed by atoms with van der Waals surface area (Å²) in [6.07, 6.45) is 14.9. The number of carbonyl (C=O) groups excluding carboxylic acids is 2. The smallest absolute Gasteiger partial charge is 0.320 e. The molecule has 0 heterocycles. The molecule has 0 spiro atoms. The van der Waals surface area contributed by atoms with Gasteiger partial charge >= 0.3 is 11.9 Å². The average Bonchev–Trinajstić information content (AvgIpc) is 2.50. The first-order chi connectivity index (χ1) is 9.69. The highest BCUT2D eigenvalue weighted by atomic mass is 16.5. The van der Waals surface area contributed by atoms with Gasteiger partial charge in [0, 0.05) is 0 Å². The molecule has 0 bridgehead atoms. The zero-order valence-corrected chi connectivity index (χ0v) is 12.1. The first kappa shape index (κ1) is 16.2. The summed E-state index contributed by atoms with van der Waals surface area (Å²) in [5.41, 5.74) is 1.35. The van der Waals surface area contributed by atoms with E-state index in [4.69, 9.17) is 0 Å². The molecular formula is C16H22O4. The Kier molecular flexibility index (Phi) is 7.40. The van der Waals surface area contributed by atoms with E-state index >= 15 is 0 Å². The van der Waals surface area contributed by atoms with Crippen LogP contribution < -0.4 is 0 Å². The summed E-state index contributed by atoms with van der Waals surface area (Å²) < 4.78 is 9.17. The molecule has 0 saturated carbocycles. The number of hydrogen-bond acceptors (Lipinski definition) is 4. The van der Waals surface area contributed by atoms with Crippen molar-refractivity contribution in [3.63, 3.8) is 0 Å². The number of rotatable bonds is 6. The van der Waals surface area contributed by atoms with Gasteiger partial charge < -0.3 is 9.47 Å². The van der Waals surface area contributed by atoms with E-state index in [9.17, 15) is 9.59 Å². The van der Waals surface area contributed by atoms with Gasteiger partial charge in [0.05, 0.1) is 14.2 Å². The maximum absolute atomic E-state index is 11.4. The second-order valence-electron chi connectivity index (χ2n) is 4.65. The first-order valence-corrected chi connectivity index (χ1v) is 6.87. The van der Waals surface area contributed by atoms with E-state index in [-0.39, 0.29) is 6.42 Å². The summed E-state index contributed by atoms with van der Waals surface area (Å²) >= 11 is 0. The fourth-order valence-electron chi connectivity index (χ4n) is 2.06. The maximum Gasteiger partial charge on any atom is 0.320 e. The minimum atomic E-state index is -0.886. The van der Waals surface area contributed by atoms with Crippen molar-refractivity contribution in [2.45, 2.75) is 32.1 Å². The van der Waals surface area contributed by atoms with E-state index < -0.39 is 17.9 Å². The number of hydrogen-bond donors (Lipinski definition) is 0. The Morgan fingerprint density at radius 2 is 1.90 bits per heavy atom. The lowest BCUT2D eigenvalue weighted by Gasteiger charge is -2.09. The SMILES string of the molecule is COC(=O)C(C/C=C/C=C/C1=CCCCC1)C(=O)OC. The van der Waals surface area contributed by atoms with Crippen molar-refractivity contribution in [2.75, 3.05) is 14.2 Å². The van der Waals surface area contributed by atoms with Crippen LogP contribution >= 0.6 is 0 Å². The van der Waals surface area contributed by atoms with Gasteiger partial charge in [-0.15, -0.1) is 0 Å². The van der Waals surface area contributed by atoms with E-state index in [1.165, 1.54) is 32.6 Å². The molecule has 4 heteroatoms. The Labute approximate surface area is 120 Å². The van der Waals surface area contributed by atoms with Crippen LogP contribution in [-0.4, -0.2) is 26.2 Å². The molecule has 0 aromatic heterocycles. The molecule has 0 aromatic rings. The quantitative estimate of drug-likeness (QED) is 0.426. The Morgan fingerprint density at radius 1 is 1.20 bits per heavy atom. The number of carbonyl (C=O) groups is 2. The summed E-state index contributed by atoms with van der Waals surface area (Å²) in [5, 5.41) is 0. The largest absolute Gasteiger partial charge is 0.468 e. The molecule has 0 atom stereocenters. The van der Waals surface area contributed by atoms with E-state index in [0.29, 0.717) is 0 Å². The lowest BCUT2D eigenvalue weighted by molar-refractivity contribution is -0.158. The Morgan fingerprint density at radius 3 is 2.45 bits per heavy atom. The monoisotopic (exact) mass is 278 g/mol. The predicted octanol–water partition coefficient (Wildman–Crippen LogP) is 2.95. The topological polar surface area (TPSA) is 52.6 Å². The molecule has 0 saturated heterocycles. The Bertz CT molecular complexity index is 402. The Hall–Kier alpha value is -1.84. The molecule has 0 aromatic carbocycles. The van der Waals surface area contributed by atoms with Gasteiger partial charge in [0.1, 0.15) is 0 Å². The molecule has 110 valence electrons. The molecule has 4 nitrogen and oxygen atoms in total. The first-order valence-electron chi connectivity index (χ1n) is 6.87. The Balaban J connectivity index is 2.47. The second-order valence-corrected chi connectivity index (χ2v) is 4.65. The third kappa shape index (κ3) is 5.43. The molecule has 0 fully saturated rings. The van der Waals surface area contributed by atoms with Gasteiger partial charge in [0.25, 0.3) is 0 Å². The van der Waals surface area contributed by atoms with Gasteiger partial charge in [0.2, 0.25) is 0 Å². The molecule has 1 aliphatic rings. The van der Waals surface area contributed by atoms with Crippen molar-refractivity contribution >= 4 is 11.9 Å². The lowest BCUT2D eigenvalue weighted by Crippen LogP contribution is -2.25. The van der Waals surface area contributed by atoms with E-state index in [2.05, 4.69) is 21.6 Å². The van der Waals surface area contributed by atoms with Crippen molar-refractivity contribution in [1.82, 2.24) is 0 Å². The molecular weight excluding hydrogens is 256 g/mol. The zero-order chi connectivity index (χ0) is 14.8. The molecule has 0 N–H and O–H groups in total. The fraction of sp³-hybridized carbons (Fsp3) is 0.500. The molecule has 0 unspecified atom stereocenters. The van der Waals surface area contributed by atoms with Crippen molar-refractivity contribution in [1.29, 1.82) is 0 Å². The van der Waals surface area contributed by atoms with Crippen LogP contribution in [-0.2, 0) is 19.1 Å². The van der Waals surface area contributed by atoms with Gasteiger partial charge in [-0.05, 0) is 32.1 Å². The second kappa shape index (κ2) is 9.13. The van der Waals surface area contributed by atoms with E-state index in [0.717, 1.165) is 12.8 Å². The molecule has 0 amide bonds. The van der Waals surface area contributed by atoms with Crippen molar-refractivity contribution in [3.05, 3.63) is 36.0 Å². The number of methoxy groups -OCH3 is 2. The van der Waals surface area contributed by atoms with Gasteiger partial charge in [-0.2, -0.15) is 0 Å². The number of esters is 2. The zero-order valence-electron chi connectivity index (χ0n) is 12.1. The third-order valence-corrected chi connectivity index (χ3v) is 3.23. The van der Waals surface area contributed by atoms with E-state index in [1.54, 1.807) is 6.08 Å². The summed E-state index contributed by atoms with van der Waals surface area (Å²) in [5.74, 6) is -2.02. The van der Waals surface area contributed by atoms with Gasteiger partial charge in [-0.1, -0.05) is 36.0 Å². The fourth-order valence-corrected chi connectivity index (χ4v) is 2.06. The molecule has 20 heavy (non-hydrogen) atoms. The van der Waals surface area contributed by atoms with Crippen molar-refractivity contribution in [2.24, 2.45) is 5.92 Å². The molecule has 1 rings (SSSR count). The van der Waals surface area contributed by atoms with Crippen LogP contribution in [0.4, 0.5) is 0 Å². The predicted molar refractivity (Wildman–Crippen MR) is 77.0 cm³/mol. The van der Waals surface area contributed by atoms with E-state index in [1.807, 2.05) is 12.2 Å². The average molecular weight is 278 g/mol. The number of allylic oxidation sites excluding steroid dienone is 6. The summed E-state index contributed by atoms with van der Waals surface area (Å²) in [6.45, 7) is 0. The highest BCUT2D eigenvalue weighted by Crippen LogP contribution is 2.18. The van der Waals surface area contributed by atoms with Gasteiger partial charge in [0.15, 0.2) is 5.92 Å². The highest BCUT2D eigenvalue weighted by molar-refractivity contribution is 5.94. The van der Waals surface area contributed by atoms with Gasteiger partial charge in [-0.3, -0.25) is 9.59 Å². The molecule has 0 aliphatic heterocycles. The van der Waals surface area contributed by atoms with Crippen LogP contribution in [0.5, 0.6) is 0 Å². The third-order valence-electron chi connectivity index (χ3n) is 3.23. The minimum Gasteiger partial charge on any atom is -0.468 e. The lowest BCUT2D eigenvalue weighted by atomic mass is 9.99. The van der Waals surface area contributed by atoms with Crippen LogP contribution in [0.3, 0.4) is 0 Å².